The van der Waals surface area contributed by atoms with Crippen LogP contribution in [-0.2, 0) is 13.1 Å². The standard InChI is InChI=1S/C19H22ClNO4/c1-3-6-23-19-15(20)7-14(9-18(19)22-2)11-21-10-13-4-5-16-17(8-13)25-12-24-16/h4-5,7-9,21H,3,6,10-12H2,1-2H3. The third-order valence-corrected chi connectivity index (χ3v) is 4.12. The molecule has 2 aromatic carbocycles. The minimum Gasteiger partial charge on any atom is -0.493 e. The second-order valence-corrected chi connectivity index (χ2v) is 6.16. The highest BCUT2D eigenvalue weighted by molar-refractivity contribution is 6.32. The van der Waals surface area contributed by atoms with Gasteiger partial charge in [0.05, 0.1) is 18.7 Å². The summed E-state index contributed by atoms with van der Waals surface area (Å²) >= 11 is 6.35. The number of hydrogen-bond donors (Lipinski definition) is 1. The molecule has 1 heterocycles. The van der Waals surface area contributed by atoms with Crippen LogP contribution in [0.2, 0.25) is 5.02 Å². The van der Waals surface area contributed by atoms with E-state index < -0.39 is 0 Å². The smallest absolute Gasteiger partial charge is 0.231 e. The highest BCUT2D eigenvalue weighted by Gasteiger charge is 2.14. The van der Waals surface area contributed by atoms with Gasteiger partial charge in [-0.25, -0.2) is 0 Å². The summed E-state index contributed by atoms with van der Waals surface area (Å²) in [7, 11) is 1.62. The van der Waals surface area contributed by atoms with Crippen molar-refractivity contribution in [3.05, 3.63) is 46.5 Å². The zero-order valence-corrected chi connectivity index (χ0v) is 15.2. The molecule has 0 amide bonds. The van der Waals surface area contributed by atoms with Gasteiger partial charge in [-0.05, 0) is 41.8 Å². The molecule has 0 bridgehead atoms. The van der Waals surface area contributed by atoms with Crippen molar-refractivity contribution in [1.82, 2.24) is 5.32 Å². The number of rotatable bonds is 8. The van der Waals surface area contributed by atoms with Crippen LogP contribution in [0, 0.1) is 0 Å². The molecule has 134 valence electrons. The van der Waals surface area contributed by atoms with Gasteiger partial charge in [0.15, 0.2) is 23.0 Å². The van der Waals surface area contributed by atoms with Gasteiger partial charge in [-0.3, -0.25) is 0 Å². The molecule has 1 N–H and O–H groups in total. The fourth-order valence-electron chi connectivity index (χ4n) is 2.62. The molecule has 1 aliphatic rings. The van der Waals surface area contributed by atoms with Gasteiger partial charge >= 0.3 is 0 Å². The highest BCUT2D eigenvalue weighted by Crippen LogP contribution is 2.36. The van der Waals surface area contributed by atoms with Crippen molar-refractivity contribution in [3.8, 4) is 23.0 Å². The van der Waals surface area contributed by atoms with Crippen LogP contribution in [0.3, 0.4) is 0 Å². The average molecular weight is 364 g/mol. The summed E-state index contributed by atoms with van der Waals surface area (Å²) in [4.78, 5) is 0. The van der Waals surface area contributed by atoms with Gasteiger partial charge in [-0.2, -0.15) is 0 Å². The van der Waals surface area contributed by atoms with Crippen molar-refractivity contribution in [1.29, 1.82) is 0 Å². The number of methoxy groups -OCH3 is 1. The molecule has 0 unspecified atom stereocenters. The molecule has 2 aromatic rings. The van der Waals surface area contributed by atoms with Crippen LogP contribution < -0.4 is 24.3 Å². The molecule has 6 heteroatoms. The van der Waals surface area contributed by atoms with E-state index >= 15 is 0 Å². The zero-order chi connectivity index (χ0) is 17.6. The summed E-state index contributed by atoms with van der Waals surface area (Å²) < 4.78 is 21.8. The summed E-state index contributed by atoms with van der Waals surface area (Å²) in [5, 5.41) is 3.96. The van der Waals surface area contributed by atoms with Crippen molar-refractivity contribution in [2.75, 3.05) is 20.5 Å². The molecule has 0 fully saturated rings. The molecular weight excluding hydrogens is 342 g/mol. The predicted octanol–water partition coefficient (Wildman–Crippen LogP) is 4.16. The fourth-order valence-corrected chi connectivity index (χ4v) is 2.91. The highest BCUT2D eigenvalue weighted by atomic mass is 35.5. The van der Waals surface area contributed by atoms with E-state index in [-0.39, 0.29) is 6.79 Å². The maximum Gasteiger partial charge on any atom is 0.231 e. The number of hydrogen-bond acceptors (Lipinski definition) is 5. The fraction of sp³-hybridized carbons (Fsp3) is 0.368. The molecule has 1 aliphatic heterocycles. The number of fused-ring (bicyclic) bond motifs is 1. The Hall–Kier alpha value is -2.11. The van der Waals surface area contributed by atoms with Crippen LogP contribution in [-0.4, -0.2) is 20.5 Å². The predicted molar refractivity (Wildman–Crippen MR) is 96.9 cm³/mol. The second-order valence-electron chi connectivity index (χ2n) is 5.75. The first-order chi connectivity index (χ1) is 12.2. The molecule has 0 spiro atoms. The molecule has 25 heavy (non-hydrogen) atoms. The molecular formula is C19H22ClNO4. The van der Waals surface area contributed by atoms with Gasteiger partial charge in [-0.15, -0.1) is 0 Å². The summed E-state index contributed by atoms with van der Waals surface area (Å²) in [5.41, 5.74) is 2.16. The Labute approximate surface area is 152 Å². The number of benzene rings is 2. The molecule has 0 atom stereocenters. The molecule has 0 radical (unpaired) electrons. The first kappa shape index (κ1) is 17.7. The van der Waals surface area contributed by atoms with E-state index in [0.717, 1.165) is 29.0 Å². The van der Waals surface area contributed by atoms with Gasteiger partial charge in [0.25, 0.3) is 0 Å². The van der Waals surface area contributed by atoms with E-state index in [1.807, 2.05) is 30.3 Å². The molecule has 0 saturated carbocycles. The lowest BCUT2D eigenvalue weighted by Crippen LogP contribution is -2.13. The van der Waals surface area contributed by atoms with Crippen molar-refractivity contribution >= 4 is 11.6 Å². The Morgan fingerprint density at radius 2 is 1.88 bits per heavy atom. The van der Waals surface area contributed by atoms with E-state index in [1.54, 1.807) is 7.11 Å². The SMILES string of the molecule is CCCOc1c(Cl)cc(CNCc2ccc3c(c2)OCO3)cc1OC. The van der Waals surface area contributed by atoms with Crippen molar-refractivity contribution in [2.24, 2.45) is 0 Å². The van der Waals surface area contributed by atoms with E-state index in [0.29, 0.717) is 36.2 Å². The van der Waals surface area contributed by atoms with Gasteiger partial charge in [0, 0.05) is 13.1 Å². The second kappa shape index (κ2) is 8.32. The minimum absolute atomic E-state index is 0.289. The minimum atomic E-state index is 0.289. The van der Waals surface area contributed by atoms with Crippen molar-refractivity contribution in [3.63, 3.8) is 0 Å². The van der Waals surface area contributed by atoms with E-state index in [9.17, 15) is 0 Å². The number of ether oxygens (including phenoxy) is 4. The third kappa shape index (κ3) is 4.30. The van der Waals surface area contributed by atoms with Crippen LogP contribution in [0.15, 0.2) is 30.3 Å². The molecule has 0 aromatic heterocycles. The van der Waals surface area contributed by atoms with E-state index in [2.05, 4.69) is 12.2 Å². The number of halogens is 1. The zero-order valence-electron chi connectivity index (χ0n) is 14.4. The summed E-state index contributed by atoms with van der Waals surface area (Å²) in [6.07, 6.45) is 0.915. The van der Waals surface area contributed by atoms with Crippen molar-refractivity contribution < 1.29 is 18.9 Å². The van der Waals surface area contributed by atoms with Crippen LogP contribution in [0.4, 0.5) is 0 Å². The summed E-state index contributed by atoms with van der Waals surface area (Å²) in [5.74, 6) is 2.84. The maximum absolute atomic E-state index is 6.35. The Kier molecular flexibility index (Phi) is 5.89. The lowest BCUT2D eigenvalue weighted by Gasteiger charge is -2.14. The van der Waals surface area contributed by atoms with Gasteiger partial charge < -0.3 is 24.3 Å². The van der Waals surface area contributed by atoms with Gasteiger partial charge in [0.1, 0.15) is 0 Å². The summed E-state index contributed by atoms with van der Waals surface area (Å²) in [6, 6.07) is 9.80. The maximum atomic E-state index is 6.35. The van der Waals surface area contributed by atoms with Crippen LogP contribution in [0.1, 0.15) is 24.5 Å². The Morgan fingerprint density at radius 3 is 2.68 bits per heavy atom. The number of nitrogens with one attached hydrogen (secondary N) is 1. The molecule has 0 aliphatic carbocycles. The quantitative estimate of drug-likeness (QED) is 0.763. The molecule has 3 rings (SSSR count). The first-order valence-electron chi connectivity index (χ1n) is 8.29. The normalized spacial score (nSPS) is 12.3. The van der Waals surface area contributed by atoms with Crippen LogP contribution in [0.5, 0.6) is 23.0 Å². The largest absolute Gasteiger partial charge is 0.493 e. The monoisotopic (exact) mass is 363 g/mol. The summed E-state index contributed by atoms with van der Waals surface area (Å²) in [6.45, 7) is 4.33. The van der Waals surface area contributed by atoms with Gasteiger partial charge in [0.2, 0.25) is 6.79 Å². The lowest BCUT2D eigenvalue weighted by molar-refractivity contribution is 0.174. The third-order valence-electron chi connectivity index (χ3n) is 3.83. The van der Waals surface area contributed by atoms with E-state index in [1.165, 1.54) is 0 Å². The average Bonchev–Trinajstić information content (AvgIpc) is 3.08. The first-order valence-corrected chi connectivity index (χ1v) is 8.67. The van der Waals surface area contributed by atoms with Gasteiger partial charge in [-0.1, -0.05) is 24.6 Å². The van der Waals surface area contributed by atoms with Crippen molar-refractivity contribution in [2.45, 2.75) is 26.4 Å². The van der Waals surface area contributed by atoms with Crippen LogP contribution >= 0.6 is 11.6 Å². The molecule has 0 saturated heterocycles. The topological polar surface area (TPSA) is 49.0 Å². The van der Waals surface area contributed by atoms with Crippen LogP contribution in [0.25, 0.3) is 0 Å². The Morgan fingerprint density at radius 1 is 1.08 bits per heavy atom. The molecule has 5 nitrogen and oxygen atoms in total. The van der Waals surface area contributed by atoms with E-state index in [4.69, 9.17) is 30.5 Å². The Bertz CT molecular complexity index is 736. The lowest BCUT2D eigenvalue weighted by atomic mass is 10.1. The Balaban J connectivity index is 1.62.